The van der Waals surface area contributed by atoms with Crippen LogP contribution in [0.1, 0.15) is 31.7 Å². The van der Waals surface area contributed by atoms with Crippen LogP contribution in [0.3, 0.4) is 0 Å². The lowest BCUT2D eigenvalue weighted by Gasteiger charge is -2.43. The highest BCUT2D eigenvalue weighted by atomic mass is 32.1. The van der Waals surface area contributed by atoms with E-state index in [-0.39, 0.29) is 17.0 Å². The summed E-state index contributed by atoms with van der Waals surface area (Å²) in [7, 11) is 1.99. The molecule has 1 aromatic carbocycles. The number of ether oxygens (including phenoxy) is 1. The Morgan fingerprint density at radius 2 is 2.00 bits per heavy atom. The molecule has 1 N–H and O–H groups in total. The zero-order valence-corrected chi connectivity index (χ0v) is 14.0. The molecule has 1 saturated heterocycles. The van der Waals surface area contributed by atoms with Crippen molar-refractivity contribution >= 4 is 11.3 Å². The summed E-state index contributed by atoms with van der Waals surface area (Å²) in [6.45, 7) is 4.96. The molecule has 0 saturated carbocycles. The topological polar surface area (TPSA) is 34.2 Å². The Hall–Kier alpha value is -1.30. The summed E-state index contributed by atoms with van der Waals surface area (Å²) >= 11 is 1.66. The highest BCUT2D eigenvalue weighted by Crippen LogP contribution is 2.41. The highest BCUT2D eigenvalue weighted by molar-refractivity contribution is 7.10. The lowest BCUT2D eigenvalue weighted by atomic mass is 9.82. The minimum Gasteiger partial charge on any atom is -0.375 e. The standard InChI is InChI=1S/C17H21FN2OS/c1-16(2)11-17(19-3,8-9-21-16)15-20-14(10-22-15)12-4-6-13(18)7-5-12/h4-7,10,19H,8-9,11H2,1-3H3. The van der Waals surface area contributed by atoms with E-state index in [9.17, 15) is 4.39 Å². The van der Waals surface area contributed by atoms with E-state index in [2.05, 4.69) is 19.2 Å². The van der Waals surface area contributed by atoms with Crippen LogP contribution in [-0.2, 0) is 10.3 Å². The Balaban J connectivity index is 1.93. The lowest BCUT2D eigenvalue weighted by Crippen LogP contribution is -2.51. The molecule has 3 nitrogen and oxygen atoms in total. The number of rotatable bonds is 3. The molecular weight excluding hydrogens is 299 g/mol. The Kier molecular flexibility index (Phi) is 4.05. The minimum atomic E-state index is -0.225. The maximum Gasteiger partial charge on any atom is 0.123 e. The third-order valence-corrected chi connectivity index (χ3v) is 5.33. The first-order valence-electron chi connectivity index (χ1n) is 7.49. The van der Waals surface area contributed by atoms with E-state index in [1.165, 1.54) is 12.1 Å². The van der Waals surface area contributed by atoms with E-state index in [1.54, 1.807) is 23.5 Å². The third kappa shape index (κ3) is 2.93. The number of benzene rings is 1. The zero-order chi connectivity index (χ0) is 15.8. The molecule has 1 aliphatic heterocycles. The van der Waals surface area contributed by atoms with E-state index in [0.29, 0.717) is 0 Å². The molecule has 0 amide bonds. The van der Waals surface area contributed by atoms with Gasteiger partial charge >= 0.3 is 0 Å². The van der Waals surface area contributed by atoms with Gasteiger partial charge in [-0.3, -0.25) is 0 Å². The lowest BCUT2D eigenvalue weighted by molar-refractivity contribution is -0.0883. The second-order valence-electron chi connectivity index (χ2n) is 6.41. The van der Waals surface area contributed by atoms with Crippen molar-refractivity contribution in [1.29, 1.82) is 0 Å². The molecule has 0 aliphatic carbocycles. The molecule has 5 heteroatoms. The van der Waals surface area contributed by atoms with Gasteiger partial charge in [0, 0.05) is 24.0 Å². The molecule has 0 bridgehead atoms. The molecular formula is C17H21FN2OS. The predicted octanol–water partition coefficient (Wildman–Crippen LogP) is 3.95. The summed E-state index contributed by atoms with van der Waals surface area (Å²) in [4.78, 5) is 4.82. The SMILES string of the molecule is CNC1(c2nc(-c3ccc(F)cc3)cs2)CCOC(C)(C)C1. The van der Waals surface area contributed by atoms with Crippen LogP contribution in [0.25, 0.3) is 11.3 Å². The van der Waals surface area contributed by atoms with Crippen molar-refractivity contribution in [3.05, 3.63) is 40.5 Å². The van der Waals surface area contributed by atoms with Gasteiger partial charge < -0.3 is 10.1 Å². The van der Waals surface area contributed by atoms with Gasteiger partial charge in [-0.05, 0) is 51.6 Å². The average Bonchev–Trinajstić information content (AvgIpc) is 2.97. The minimum absolute atomic E-state index is 0.148. The molecule has 3 rings (SSSR count). The summed E-state index contributed by atoms with van der Waals surface area (Å²) in [6, 6.07) is 6.49. The molecule has 0 spiro atoms. The van der Waals surface area contributed by atoms with Gasteiger partial charge in [0.05, 0.1) is 16.8 Å². The molecule has 1 fully saturated rings. The maximum atomic E-state index is 13.1. The van der Waals surface area contributed by atoms with Crippen molar-refractivity contribution in [2.24, 2.45) is 0 Å². The Labute approximate surface area is 134 Å². The highest BCUT2D eigenvalue weighted by Gasteiger charge is 2.43. The van der Waals surface area contributed by atoms with Crippen molar-refractivity contribution in [3.8, 4) is 11.3 Å². The summed E-state index contributed by atoms with van der Waals surface area (Å²) in [5, 5.41) is 6.59. The first-order chi connectivity index (χ1) is 10.4. The van der Waals surface area contributed by atoms with E-state index in [0.717, 1.165) is 35.7 Å². The fourth-order valence-electron chi connectivity index (χ4n) is 3.12. The summed E-state index contributed by atoms with van der Waals surface area (Å²) in [5.41, 5.74) is 1.54. The number of hydrogen-bond donors (Lipinski definition) is 1. The first kappa shape index (κ1) is 15.6. The summed E-state index contributed by atoms with van der Waals surface area (Å²) in [5.74, 6) is -0.225. The van der Waals surface area contributed by atoms with Crippen molar-refractivity contribution in [2.75, 3.05) is 13.7 Å². The predicted molar refractivity (Wildman–Crippen MR) is 87.5 cm³/mol. The van der Waals surface area contributed by atoms with Crippen LogP contribution in [0.15, 0.2) is 29.6 Å². The Morgan fingerprint density at radius 1 is 1.27 bits per heavy atom. The van der Waals surface area contributed by atoms with Crippen LogP contribution in [0.5, 0.6) is 0 Å². The second-order valence-corrected chi connectivity index (χ2v) is 7.27. The van der Waals surface area contributed by atoms with Gasteiger partial charge in [0.25, 0.3) is 0 Å². The normalized spacial score (nSPS) is 24.4. The molecule has 2 heterocycles. The monoisotopic (exact) mass is 320 g/mol. The Morgan fingerprint density at radius 3 is 2.64 bits per heavy atom. The molecule has 1 aliphatic rings. The zero-order valence-electron chi connectivity index (χ0n) is 13.1. The van der Waals surface area contributed by atoms with Gasteiger partial charge in [-0.2, -0.15) is 0 Å². The van der Waals surface area contributed by atoms with E-state index in [1.807, 2.05) is 12.4 Å². The quantitative estimate of drug-likeness (QED) is 0.930. The molecule has 0 radical (unpaired) electrons. The summed E-state index contributed by atoms with van der Waals surface area (Å²) in [6.07, 6.45) is 1.79. The van der Waals surface area contributed by atoms with Crippen molar-refractivity contribution in [2.45, 2.75) is 37.8 Å². The Bertz CT molecular complexity index is 653. The van der Waals surface area contributed by atoms with Crippen LogP contribution in [0, 0.1) is 5.82 Å². The first-order valence-corrected chi connectivity index (χ1v) is 8.37. The number of nitrogens with zero attached hydrogens (tertiary/aromatic N) is 1. The van der Waals surface area contributed by atoms with E-state index in [4.69, 9.17) is 9.72 Å². The second kappa shape index (κ2) is 5.72. The van der Waals surface area contributed by atoms with Crippen LogP contribution < -0.4 is 5.32 Å². The van der Waals surface area contributed by atoms with Gasteiger partial charge in [-0.15, -0.1) is 11.3 Å². The summed E-state index contributed by atoms with van der Waals surface area (Å²) < 4.78 is 18.9. The molecule has 22 heavy (non-hydrogen) atoms. The smallest absolute Gasteiger partial charge is 0.123 e. The number of hydrogen-bond acceptors (Lipinski definition) is 4. The van der Waals surface area contributed by atoms with Crippen LogP contribution in [0.2, 0.25) is 0 Å². The van der Waals surface area contributed by atoms with Gasteiger partial charge in [0.15, 0.2) is 0 Å². The number of halogens is 1. The van der Waals surface area contributed by atoms with Crippen molar-refractivity contribution < 1.29 is 9.13 Å². The molecule has 1 aromatic heterocycles. The molecule has 1 unspecified atom stereocenters. The van der Waals surface area contributed by atoms with Crippen LogP contribution >= 0.6 is 11.3 Å². The average molecular weight is 320 g/mol. The van der Waals surface area contributed by atoms with E-state index >= 15 is 0 Å². The number of aromatic nitrogens is 1. The fourth-order valence-corrected chi connectivity index (χ4v) is 4.18. The third-order valence-electron chi connectivity index (χ3n) is 4.28. The fraction of sp³-hybridized carbons (Fsp3) is 0.471. The molecule has 1 atom stereocenters. The van der Waals surface area contributed by atoms with Crippen LogP contribution in [0.4, 0.5) is 4.39 Å². The van der Waals surface area contributed by atoms with Gasteiger partial charge in [0.1, 0.15) is 10.8 Å². The van der Waals surface area contributed by atoms with Crippen LogP contribution in [-0.4, -0.2) is 24.2 Å². The van der Waals surface area contributed by atoms with Gasteiger partial charge in [0.2, 0.25) is 0 Å². The molecule has 2 aromatic rings. The molecule has 118 valence electrons. The van der Waals surface area contributed by atoms with Gasteiger partial charge in [-0.1, -0.05) is 0 Å². The maximum absolute atomic E-state index is 13.1. The van der Waals surface area contributed by atoms with Gasteiger partial charge in [-0.25, -0.2) is 9.37 Å². The van der Waals surface area contributed by atoms with Crippen molar-refractivity contribution in [1.82, 2.24) is 10.3 Å². The largest absolute Gasteiger partial charge is 0.375 e. The number of nitrogens with one attached hydrogen (secondary N) is 1. The number of thiazole rings is 1. The van der Waals surface area contributed by atoms with Crippen molar-refractivity contribution in [3.63, 3.8) is 0 Å². The van der Waals surface area contributed by atoms with E-state index < -0.39 is 0 Å².